The predicted octanol–water partition coefficient (Wildman–Crippen LogP) is -1.14. The van der Waals surface area contributed by atoms with Gasteiger partial charge in [-0.3, -0.25) is 0 Å². The third-order valence-corrected chi connectivity index (χ3v) is 7.53. The number of tetrazole rings is 1. The van der Waals surface area contributed by atoms with Gasteiger partial charge in [-0.15, -0.1) is 10.2 Å². The van der Waals surface area contributed by atoms with Crippen molar-refractivity contribution in [1.82, 2.24) is 30.4 Å². The highest BCUT2D eigenvalue weighted by atomic mass is 32.2. The molecule has 16 heteroatoms. The monoisotopic (exact) mass is 533 g/mol. The van der Waals surface area contributed by atoms with Gasteiger partial charge >= 0.3 is 0 Å². The van der Waals surface area contributed by atoms with Gasteiger partial charge in [0, 0.05) is 24.9 Å². The summed E-state index contributed by atoms with van der Waals surface area (Å²) in [5.41, 5.74) is 6.94. The molecule has 14 nitrogen and oxygen atoms in total. The van der Waals surface area contributed by atoms with Crippen molar-refractivity contribution < 1.29 is 26.7 Å². The molecule has 4 aromatic rings. The summed E-state index contributed by atoms with van der Waals surface area (Å²) >= 11 is 0. The summed E-state index contributed by atoms with van der Waals surface area (Å²) in [6.07, 6.45) is 3.37. The second-order valence-corrected chi connectivity index (χ2v) is 10.8. The molecule has 2 aromatic carbocycles. The van der Waals surface area contributed by atoms with Gasteiger partial charge in [0.15, 0.2) is 9.84 Å². The minimum atomic E-state index is -4.53. The van der Waals surface area contributed by atoms with Crippen LogP contribution in [0.1, 0.15) is 6.92 Å². The van der Waals surface area contributed by atoms with E-state index >= 15 is 0 Å². The van der Waals surface area contributed by atoms with E-state index in [0.29, 0.717) is 16.8 Å². The minimum absolute atomic E-state index is 0.0861. The van der Waals surface area contributed by atoms with E-state index in [2.05, 4.69) is 25.7 Å². The van der Waals surface area contributed by atoms with Crippen molar-refractivity contribution in [2.45, 2.75) is 16.7 Å². The number of carboxylic acids is 1. The predicted molar refractivity (Wildman–Crippen MR) is 125 cm³/mol. The maximum absolute atomic E-state index is 12.8. The Morgan fingerprint density at radius 1 is 1.14 bits per heavy atom. The molecule has 0 unspecified atom stereocenters. The molecule has 0 saturated carbocycles. The van der Waals surface area contributed by atoms with Gasteiger partial charge in [0.2, 0.25) is 15.8 Å². The van der Waals surface area contributed by atoms with Crippen LogP contribution in [-0.2, 0) is 24.7 Å². The molecule has 0 atom stereocenters. The number of nitrogens with one attached hydrogen (secondary N) is 1. The molecule has 0 aliphatic carbocycles. The van der Waals surface area contributed by atoms with Crippen molar-refractivity contribution in [2.75, 3.05) is 12.3 Å². The number of nitrogens with zero attached hydrogens (tertiary/aromatic N) is 5. The third kappa shape index (κ3) is 5.98. The van der Waals surface area contributed by atoms with E-state index < -0.39 is 41.4 Å². The van der Waals surface area contributed by atoms with Gasteiger partial charge < -0.3 is 15.6 Å². The van der Waals surface area contributed by atoms with Crippen LogP contribution in [0, 0.1) is 0 Å². The summed E-state index contributed by atoms with van der Waals surface area (Å²) in [5, 5.41) is 32.1. The molecule has 2 heterocycles. The Balaban J connectivity index is 0.000000840. The number of hydrogen-bond donors (Lipinski definition) is 3. The van der Waals surface area contributed by atoms with Crippen LogP contribution in [0.5, 0.6) is 0 Å². The molecule has 0 saturated heterocycles. The number of primary sulfonamides is 1. The number of sulfone groups is 1. The average Bonchev–Trinajstić information content (AvgIpc) is 3.52. The number of carboxylic acid groups (broad SMARTS) is 1. The smallest absolute Gasteiger partial charge is 0.240 e. The number of H-pyrrole nitrogens is 1. The topological polar surface area (TPSA) is 233 Å². The lowest BCUT2D eigenvalue weighted by Gasteiger charge is -2.16. The first-order valence-electron chi connectivity index (χ1n) is 10.1. The second kappa shape index (κ2) is 10.7. The number of carbonyl (C=O) groups excluding carboxylic acids is 1. The van der Waals surface area contributed by atoms with Gasteiger partial charge in [-0.2, -0.15) is 10.3 Å². The molecule has 0 aliphatic rings. The lowest BCUT2D eigenvalue weighted by atomic mass is 9.98. The van der Waals surface area contributed by atoms with E-state index in [0.717, 1.165) is 6.92 Å². The molecule has 0 fully saturated rings. The summed E-state index contributed by atoms with van der Waals surface area (Å²) in [6, 6.07) is 11.5. The number of benzene rings is 2. The maximum atomic E-state index is 12.8. The minimum Gasteiger partial charge on any atom is -0.550 e. The number of carbonyl (C=O) groups is 1. The Morgan fingerprint density at radius 2 is 1.86 bits per heavy atom. The molecule has 36 heavy (non-hydrogen) atoms. The number of aromatic amines is 1. The maximum Gasteiger partial charge on any atom is 0.240 e. The number of sulfonamides is 1. The highest BCUT2D eigenvalue weighted by Crippen LogP contribution is 2.39. The molecule has 5 N–H and O–H groups in total. The van der Waals surface area contributed by atoms with Crippen molar-refractivity contribution >= 4 is 25.8 Å². The first kappa shape index (κ1) is 26.6. The molecular formula is C20H21N8O6S2-. The first-order chi connectivity index (χ1) is 17.0. The molecule has 0 bridgehead atoms. The van der Waals surface area contributed by atoms with Crippen molar-refractivity contribution in [3.63, 3.8) is 0 Å². The van der Waals surface area contributed by atoms with Crippen LogP contribution in [0.15, 0.2) is 64.6 Å². The first-order valence-corrected chi connectivity index (χ1v) is 13.3. The highest BCUT2D eigenvalue weighted by Gasteiger charge is 2.31. The van der Waals surface area contributed by atoms with Gasteiger partial charge in [-0.25, -0.2) is 26.7 Å². The van der Waals surface area contributed by atoms with Crippen LogP contribution in [-0.4, -0.2) is 65.5 Å². The molecule has 0 spiro atoms. The summed E-state index contributed by atoms with van der Waals surface area (Å²) in [5.74, 6) is -1.67. The Labute approximate surface area is 205 Å². The standard InChI is InChI=1S/C18H18N8O4S2.C2H4O2/c19-7-10-31(27,28)15-6-5-14(12-3-1-4-13(11-12)26-9-2-8-21-26)16(17(15)32(20,29)30)18-22-24-25-23-18;1-2(3)4/h1-6,8-9,11H,7,10,19H2,(H2,20,29,30)(H,22,23,24,25);1H3,(H,3,4)/p-1. The van der Waals surface area contributed by atoms with Gasteiger partial charge in [0.1, 0.15) is 4.90 Å². The van der Waals surface area contributed by atoms with Crippen molar-refractivity contribution in [3.05, 3.63) is 54.9 Å². The largest absolute Gasteiger partial charge is 0.550 e. The fraction of sp³-hybridized carbons (Fsp3) is 0.150. The van der Waals surface area contributed by atoms with E-state index in [9.17, 15) is 16.8 Å². The fourth-order valence-corrected chi connectivity index (χ4v) is 6.08. The molecule has 0 amide bonds. The van der Waals surface area contributed by atoms with Crippen LogP contribution in [0.25, 0.3) is 28.2 Å². The van der Waals surface area contributed by atoms with E-state index in [1.54, 1.807) is 41.3 Å². The van der Waals surface area contributed by atoms with Gasteiger partial charge in [-0.1, -0.05) is 18.2 Å². The average molecular weight is 534 g/mol. The number of rotatable bonds is 7. The second-order valence-electron chi connectivity index (χ2n) is 7.20. The molecule has 190 valence electrons. The van der Waals surface area contributed by atoms with Crippen LogP contribution >= 0.6 is 0 Å². The van der Waals surface area contributed by atoms with Crippen molar-refractivity contribution in [3.8, 4) is 28.2 Å². The Morgan fingerprint density at radius 3 is 2.42 bits per heavy atom. The summed E-state index contributed by atoms with van der Waals surface area (Å²) in [7, 11) is -8.60. The number of hydrogen-bond acceptors (Lipinski definition) is 11. The molecule has 0 radical (unpaired) electrons. The van der Waals surface area contributed by atoms with Crippen molar-refractivity contribution in [2.24, 2.45) is 10.9 Å². The SMILES string of the molecule is CC(=O)[O-].NCCS(=O)(=O)c1ccc(-c2cccc(-n3cccn3)c2)c(-c2nn[nH]n2)c1S(N)(=O)=O. The lowest BCUT2D eigenvalue weighted by molar-refractivity contribution is -0.302. The van der Waals surface area contributed by atoms with Crippen LogP contribution in [0.3, 0.4) is 0 Å². The van der Waals surface area contributed by atoms with Gasteiger partial charge in [0.25, 0.3) is 0 Å². The van der Waals surface area contributed by atoms with Crippen molar-refractivity contribution in [1.29, 1.82) is 0 Å². The quantitative estimate of drug-likeness (QED) is 0.257. The van der Waals surface area contributed by atoms with Gasteiger partial charge in [0.05, 0.1) is 21.9 Å². The number of aliphatic carboxylic acids is 1. The van der Waals surface area contributed by atoms with Gasteiger partial charge in [-0.05, 0) is 47.5 Å². The zero-order valence-corrected chi connectivity index (χ0v) is 20.4. The lowest BCUT2D eigenvalue weighted by Crippen LogP contribution is -2.22. The zero-order valence-electron chi connectivity index (χ0n) is 18.8. The molecule has 0 aliphatic heterocycles. The summed E-state index contributed by atoms with van der Waals surface area (Å²) in [4.78, 5) is 7.80. The van der Waals surface area contributed by atoms with E-state index in [1.165, 1.54) is 12.1 Å². The number of nitrogens with two attached hydrogens (primary N) is 2. The molecular weight excluding hydrogens is 512 g/mol. The fourth-order valence-electron chi connectivity index (χ4n) is 3.32. The molecule has 4 rings (SSSR count). The van der Waals surface area contributed by atoms with Crippen LogP contribution in [0.2, 0.25) is 0 Å². The normalized spacial score (nSPS) is 11.5. The summed E-state index contributed by atoms with van der Waals surface area (Å²) in [6.45, 7) is 0.775. The Bertz CT molecular complexity index is 1560. The van der Waals surface area contributed by atoms with Crippen LogP contribution in [0.4, 0.5) is 0 Å². The van der Waals surface area contributed by atoms with E-state index in [1.807, 2.05) is 6.07 Å². The zero-order chi connectivity index (χ0) is 26.5. The Hall–Kier alpha value is -3.99. The van der Waals surface area contributed by atoms with E-state index in [4.69, 9.17) is 20.8 Å². The van der Waals surface area contributed by atoms with Crippen LogP contribution < -0.4 is 16.0 Å². The summed E-state index contributed by atoms with van der Waals surface area (Å²) < 4.78 is 52.5. The van der Waals surface area contributed by atoms with E-state index in [-0.39, 0.29) is 17.9 Å². The third-order valence-electron chi connectivity index (χ3n) is 4.62. The molecule has 2 aromatic heterocycles. The highest BCUT2D eigenvalue weighted by molar-refractivity contribution is 7.93. The Kier molecular flexibility index (Phi) is 7.93. The number of aromatic nitrogens is 6.